The van der Waals surface area contributed by atoms with E-state index in [4.69, 9.17) is 4.74 Å². The molecule has 0 N–H and O–H groups in total. The number of carbonyl (C=O) groups excluding carboxylic acids is 3. The second-order valence-corrected chi connectivity index (χ2v) is 10.7. The van der Waals surface area contributed by atoms with Crippen LogP contribution in [0.3, 0.4) is 0 Å². The molecule has 0 bridgehead atoms. The lowest BCUT2D eigenvalue weighted by Crippen LogP contribution is -2.57. The molecule has 1 unspecified atom stereocenters. The highest BCUT2D eigenvalue weighted by molar-refractivity contribution is 6.01. The van der Waals surface area contributed by atoms with Crippen molar-refractivity contribution >= 4 is 17.5 Å². The van der Waals surface area contributed by atoms with E-state index >= 15 is 0 Å². The zero-order chi connectivity index (χ0) is 22.7. The Morgan fingerprint density at radius 3 is 2.50 bits per heavy atom. The summed E-state index contributed by atoms with van der Waals surface area (Å²) in [5.74, 6) is 0.999. The number of hydrogen-bond donors (Lipinski definition) is 0. The van der Waals surface area contributed by atoms with Crippen LogP contribution in [-0.4, -0.2) is 23.6 Å². The molecule has 3 saturated carbocycles. The topological polar surface area (TPSA) is 60.4 Å². The van der Waals surface area contributed by atoms with Crippen molar-refractivity contribution in [2.24, 2.45) is 34.5 Å². The van der Waals surface area contributed by atoms with Crippen molar-refractivity contribution in [3.63, 3.8) is 0 Å². The van der Waals surface area contributed by atoms with Gasteiger partial charge in [0.2, 0.25) is 0 Å². The molecular formula is C28H32O4. The lowest BCUT2D eigenvalue weighted by molar-refractivity contribution is -0.146. The van der Waals surface area contributed by atoms with Gasteiger partial charge < -0.3 is 4.74 Å². The van der Waals surface area contributed by atoms with Crippen molar-refractivity contribution in [2.45, 2.75) is 59.0 Å². The van der Waals surface area contributed by atoms with Gasteiger partial charge in [0, 0.05) is 16.7 Å². The zero-order valence-electron chi connectivity index (χ0n) is 19.2. The molecule has 4 aliphatic rings. The third-order valence-corrected chi connectivity index (χ3v) is 9.38. The second kappa shape index (κ2) is 7.54. The Morgan fingerprint density at radius 1 is 1.03 bits per heavy atom. The van der Waals surface area contributed by atoms with Gasteiger partial charge in [0.15, 0.2) is 5.78 Å². The van der Waals surface area contributed by atoms with Crippen molar-refractivity contribution in [1.82, 2.24) is 0 Å². The van der Waals surface area contributed by atoms with Crippen LogP contribution >= 0.6 is 0 Å². The van der Waals surface area contributed by atoms with Crippen molar-refractivity contribution in [3.8, 4) is 0 Å². The quantitative estimate of drug-likeness (QED) is 0.605. The Kier molecular flexibility index (Phi) is 5.03. The van der Waals surface area contributed by atoms with E-state index in [2.05, 4.69) is 19.9 Å². The van der Waals surface area contributed by atoms with Crippen LogP contribution in [-0.2, 0) is 14.3 Å². The molecule has 0 aromatic heterocycles. The van der Waals surface area contributed by atoms with Gasteiger partial charge in [-0.1, -0.05) is 43.7 Å². The van der Waals surface area contributed by atoms with Crippen LogP contribution in [0.1, 0.15) is 63.2 Å². The molecule has 0 saturated heterocycles. The number of Topliss-reactive ketones (excluding diaryl/α,β-unsaturated/α-hetero) is 1. The summed E-state index contributed by atoms with van der Waals surface area (Å²) in [5, 5.41) is 0. The molecule has 0 amide bonds. The monoisotopic (exact) mass is 432 g/mol. The number of fused-ring (bicyclic) bond motifs is 5. The number of rotatable bonds is 3. The molecule has 1 aromatic carbocycles. The van der Waals surface area contributed by atoms with Crippen molar-refractivity contribution in [2.75, 3.05) is 0 Å². The Labute approximate surface area is 190 Å². The summed E-state index contributed by atoms with van der Waals surface area (Å²) in [5.41, 5.74) is 1.22. The summed E-state index contributed by atoms with van der Waals surface area (Å²) in [6.45, 7) is 6.14. The highest BCUT2D eigenvalue weighted by atomic mass is 16.5. The number of hydrogen-bond acceptors (Lipinski definition) is 4. The van der Waals surface area contributed by atoms with Gasteiger partial charge in [-0.05, 0) is 81.1 Å². The van der Waals surface area contributed by atoms with Crippen LogP contribution in [0, 0.1) is 34.5 Å². The van der Waals surface area contributed by atoms with Gasteiger partial charge in [-0.25, -0.2) is 4.79 Å². The average molecular weight is 433 g/mol. The normalized spacial score (nSPS) is 40.0. The number of ether oxygens (including phenoxy) is 1. The van der Waals surface area contributed by atoms with Crippen molar-refractivity contribution < 1.29 is 19.1 Å². The lowest BCUT2D eigenvalue weighted by Gasteiger charge is -2.59. The highest BCUT2D eigenvalue weighted by Gasteiger charge is 2.64. The van der Waals surface area contributed by atoms with E-state index in [-0.39, 0.29) is 40.4 Å². The summed E-state index contributed by atoms with van der Waals surface area (Å²) >= 11 is 0. The maximum Gasteiger partial charge on any atom is 0.338 e. The first-order valence-corrected chi connectivity index (χ1v) is 12.0. The smallest absolute Gasteiger partial charge is 0.338 e. The minimum atomic E-state index is -0.344. The third kappa shape index (κ3) is 3.06. The molecule has 4 heteroatoms. The predicted molar refractivity (Wildman–Crippen MR) is 122 cm³/mol. The Bertz CT molecular complexity index is 1020. The first-order valence-electron chi connectivity index (χ1n) is 12.0. The number of ketones is 2. The first-order chi connectivity index (χ1) is 15.2. The Balaban J connectivity index is 1.54. The molecular weight excluding hydrogens is 400 g/mol. The maximum absolute atomic E-state index is 13.1. The van der Waals surface area contributed by atoms with Crippen LogP contribution in [0.4, 0.5) is 0 Å². The van der Waals surface area contributed by atoms with Gasteiger partial charge in [0.1, 0.15) is 11.9 Å². The lowest BCUT2D eigenvalue weighted by atomic mass is 9.46. The van der Waals surface area contributed by atoms with Gasteiger partial charge in [-0.3, -0.25) is 9.59 Å². The minimum absolute atomic E-state index is 0.0705. The SMILES string of the molecule is CC(=O)[C@H]1CC[C@H]2[C@@H]3CCC4=CC(=O)C=C[C@]4(C)[C@H]3CC(OC(=O)c3ccccc3)[C@]12C. The third-order valence-electron chi connectivity index (χ3n) is 9.38. The minimum Gasteiger partial charge on any atom is -0.458 e. The van der Waals surface area contributed by atoms with Crippen LogP contribution in [0.5, 0.6) is 0 Å². The molecule has 0 spiro atoms. The van der Waals surface area contributed by atoms with E-state index in [1.807, 2.05) is 24.3 Å². The predicted octanol–water partition coefficient (Wildman–Crippen LogP) is 5.34. The Hall–Kier alpha value is -2.49. The molecule has 32 heavy (non-hydrogen) atoms. The molecule has 4 aliphatic carbocycles. The molecule has 0 radical (unpaired) electrons. The van der Waals surface area contributed by atoms with E-state index in [0.717, 1.165) is 32.1 Å². The van der Waals surface area contributed by atoms with E-state index in [9.17, 15) is 14.4 Å². The largest absolute Gasteiger partial charge is 0.458 e. The van der Waals surface area contributed by atoms with Gasteiger partial charge >= 0.3 is 5.97 Å². The summed E-state index contributed by atoms with van der Waals surface area (Å²) in [7, 11) is 0. The fourth-order valence-electron chi connectivity index (χ4n) is 7.75. The molecule has 1 aromatic rings. The number of benzene rings is 1. The van der Waals surface area contributed by atoms with Crippen molar-refractivity contribution in [1.29, 1.82) is 0 Å². The second-order valence-electron chi connectivity index (χ2n) is 10.7. The van der Waals surface area contributed by atoms with Gasteiger partial charge in [-0.15, -0.1) is 0 Å². The maximum atomic E-state index is 13.1. The molecule has 7 atom stereocenters. The van der Waals surface area contributed by atoms with E-state index < -0.39 is 0 Å². The summed E-state index contributed by atoms with van der Waals surface area (Å²) < 4.78 is 6.27. The average Bonchev–Trinajstić information content (AvgIpc) is 3.14. The van der Waals surface area contributed by atoms with Crippen LogP contribution in [0.2, 0.25) is 0 Å². The Morgan fingerprint density at radius 2 is 1.78 bits per heavy atom. The molecule has 3 fully saturated rings. The van der Waals surface area contributed by atoms with Crippen LogP contribution < -0.4 is 0 Å². The van der Waals surface area contributed by atoms with Crippen molar-refractivity contribution in [3.05, 3.63) is 59.7 Å². The van der Waals surface area contributed by atoms with E-state index in [0.29, 0.717) is 23.3 Å². The standard InChI is InChI=1S/C28H32O4/c1-17(29)22-11-12-23-21-10-9-19-15-20(30)13-14-27(19,2)24(21)16-25(28(22,23)3)32-26(31)18-7-5-4-6-8-18/h4-8,13-15,21-25H,9-12,16H2,1-3H3/t21-,22+,23-,24-,25?,27-,28+/m0/s1. The molecule has 4 nitrogen and oxygen atoms in total. The molecule has 0 aliphatic heterocycles. The van der Waals surface area contributed by atoms with Gasteiger partial charge in [-0.2, -0.15) is 0 Å². The van der Waals surface area contributed by atoms with E-state index in [1.165, 1.54) is 5.57 Å². The summed E-state index contributed by atoms with van der Waals surface area (Å²) in [6, 6.07) is 9.13. The van der Waals surface area contributed by atoms with Gasteiger partial charge in [0.25, 0.3) is 0 Å². The molecule has 5 rings (SSSR count). The molecule has 168 valence electrons. The van der Waals surface area contributed by atoms with Gasteiger partial charge in [0.05, 0.1) is 5.56 Å². The highest BCUT2D eigenvalue weighted by Crippen LogP contribution is 2.66. The van der Waals surface area contributed by atoms with Crippen LogP contribution in [0.15, 0.2) is 54.1 Å². The number of allylic oxidation sites excluding steroid dienone is 4. The van der Waals surface area contributed by atoms with E-state index in [1.54, 1.807) is 25.1 Å². The molecule has 0 heterocycles. The number of carbonyl (C=O) groups is 3. The zero-order valence-corrected chi connectivity index (χ0v) is 19.2. The summed E-state index contributed by atoms with van der Waals surface area (Å²) in [6.07, 6.45) is 9.87. The fourth-order valence-corrected chi connectivity index (χ4v) is 7.75. The summed E-state index contributed by atoms with van der Waals surface area (Å²) in [4.78, 5) is 37.9. The number of esters is 1. The van der Waals surface area contributed by atoms with Crippen LogP contribution in [0.25, 0.3) is 0 Å². The first kappa shape index (κ1) is 21.4. The fraction of sp³-hybridized carbons (Fsp3) is 0.536.